The number of carbonyl (C=O) groups is 1. The van der Waals surface area contributed by atoms with Crippen LogP contribution in [0.2, 0.25) is 0 Å². The van der Waals surface area contributed by atoms with Crippen LogP contribution in [0.5, 0.6) is 0 Å². The van der Waals surface area contributed by atoms with Gasteiger partial charge in [0.1, 0.15) is 5.82 Å². The summed E-state index contributed by atoms with van der Waals surface area (Å²) in [5.41, 5.74) is 10.8. The van der Waals surface area contributed by atoms with Crippen molar-refractivity contribution in [2.45, 2.75) is 44.2 Å². The zero-order valence-electron chi connectivity index (χ0n) is 17.4. The predicted octanol–water partition coefficient (Wildman–Crippen LogP) is 4.90. The number of nitrogens with two attached hydrogens (primary N) is 1. The fourth-order valence-corrected chi connectivity index (χ4v) is 4.31. The molecule has 0 heterocycles. The molecule has 4 rings (SSSR count). The lowest BCUT2D eigenvalue weighted by molar-refractivity contribution is 0.100. The van der Waals surface area contributed by atoms with Crippen molar-refractivity contribution in [2.24, 2.45) is 5.73 Å². The van der Waals surface area contributed by atoms with E-state index in [2.05, 4.69) is 5.32 Å². The molecule has 31 heavy (non-hydrogen) atoms. The number of primary amides is 1. The Bertz CT molecular complexity index is 1070. The van der Waals surface area contributed by atoms with Gasteiger partial charge in [0.15, 0.2) is 0 Å². The summed E-state index contributed by atoms with van der Waals surface area (Å²) >= 11 is 0. The molecule has 1 fully saturated rings. The van der Waals surface area contributed by atoms with E-state index in [-0.39, 0.29) is 18.0 Å². The lowest BCUT2D eigenvalue weighted by Gasteiger charge is -2.28. The van der Waals surface area contributed by atoms with Crippen LogP contribution in [-0.2, 0) is 6.42 Å². The molecule has 0 bridgehead atoms. The van der Waals surface area contributed by atoms with Crippen LogP contribution >= 0.6 is 0 Å². The molecule has 4 N–H and O–H groups in total. The van der Waals surface area contributed by atoms with Crippen LogP contribution in [0, 0.1) is 5.82 Å². The fourth-order valence-electron chi connectivity index (χ4n) is 4.31. The van der Waals surface area contributed by atoms with E-state index in [1.165, 1.54) is 6.07 Å². The van der Waals surface area contributed by atoms with Crippen LogP contribution in [-0.4, -0.2) is 23.2 Å². The molecule has 0 aliphatic heterocycles. The number of nitrogens with one attached hydrogen (secondary N) is 1. The molecule has 1 aliphatic carbocycles. The predicted molar refractivity (Wildman–Crippen MR) is 121 cm³/mol. The van der Waals surface area contributed by atoms with Gasteiger partial charge in [-0.1, -0.05) is 42.5 Å². The molecule has 0 spiro atoms. The molecular formula is C26H27FN2O2. The highest BCUT2D eigenvalue weighted by molar-refractivity contribution is 5.99. The number of halogens is 1. The molecule has 0 radical (unpaired) electrons. The molecule has 3 aromatic carbocycles. The van der Waals surface area contributed by atoms with Crippen LogP contribution in [0.25, 0.3) is 11.1 Å². The number of anilines is 1. The zero-order valence-corrected chi connectivity index (χ0v) is 17.4. The maximum Gasteiger partial charge on any atom is 0.250 e. The normalized spacial score (nSPS) is 18.5. The molecule has 0 saturated heterocycles. The van der Waals surface area contributed by atoms with Crippen molar-refractivity contribution in [3.05, 3.63) is 89.2 Å². The number of benzene rings is 3. The molecule has 1 amide bonds. The van der Waals surface area contributed by atoms with Gasteiger partial charge < -0.3 is 16.2 Å². The monoisotopic (exact) mass is 418 g/mol. The molecular weight excluding hydrogens is 391 g/mol. The number of rotatable bonds is 6. The van der Waals surface area contributed by atoms with Crippen molar-refractivity contribution in [3.63, 3.8) is 0 Å². The maximum atomic E-state index is 13.6. The molecule has 4 nitrogen and oxygen atoms in total. The quantitative estimate of drug-likeness (QED) is 0.533. The van der Waals surface area contributed by atoms with Gasteiger partial charge in [-0.25, -0.2) is 4.39 Å². The van der Waals surface area contributed by atoms with Crippen molar-refractivity contribution >= 4 is 11.6 Å². The number of aliphatic hydroxyl groups is 1. The van der Waals surface area contributed by atoms with Crippen molar-refractivity contribution in [2.75, 3.05) is 5.32 Å². The van der Waals surface area contributed by atoms with Crippen molar-refractivity contribution in [1.29, 1.82) is 0 Å². The lowest BCUT2D eigenvalue weighted by atomic mass is 9.91. The minimum atomic E-state index is -0.474. The standard InChI is InChI=1S/C26H27FN2O2/c27-20-6-3-4-17(15-20)14-18-5-1-2-7-23(18)19-8-13-24(26(28)31)25(16-19)29-21-9-11-22(30)12-10-21/h1-8,13,15-16,21-22,29-30H,9-12,14H2,(H2,28,31)/t21-,22-. The molecule has 3 aromatic rings. The number of hydrogen-bond acceptors (Lipinski definition) is 3. The van der Waals surface area contributed by atoms with Gasteiger partial charge in [-0.15, -0.1) is 0 Å². The average Bonchev–Trinajstić information content (AvgIpc) is 2.75. The molecule has 1 aliphatic rings. The van der Waals surface area contributed by atoms with Gasteiger partial charge in [0.25, 0.3) is 5.91 Å². The van der Waals surface area contributed by atoms with E-state index in [1.807, 2.05) is 42.5 Å². The average molecular weight is 419 g/mol. The van der Waals surface area contributed by atoms with Crippen LogP contribution in [0.1, 0.15) is 47.2 Å². The largest absolute Gasteiger partial charge is 0.393 e. The Morgan fingerprint density at radius 2 is 1.77 bits per heavy atom. The first-order valence-corrected chi connectivity index (χ1v) is 10.7. The van der Waals surface area contributed by atoms with Crippen LogP contribution in [0.15, 0.2) is 66.7 Å². The third-order valence-electron chi connectivity index (χ3n) is 5.95. The number of hydrogen-bond donors (Lipinski definition) is 3. The van der Waals surface area contributed by atoms with Gasteiger partial charge in [-0.05, 0) is 78.6 Å². The fraction of sp³-hybridized carbons (Fsp3) is 0.269. The number of amides is 1. The Hall–Kier alpha value is -3.18. The summed E-state index contributed by atoms with van der Waals surface area (Å²) in [6.07, 6.45) is 3.56. The van der Waals surface area contributed by atoms with Crippen molar-refractivity contribution in [1.82, 2.24) is 0 Å². The second-order valence-corrected chi connectivity index (χ2v) is 8.24. The third-order valence-corrected chi connectivity index (χ3v) is 5.95. The second kappa shape index (κ2) is 9.31. The first-order valence-electron chi connectivity index (χ1n) is 10.7. The molecule has 0 aromatic heterocycles. The minimum Gasteiger partial charge on any atom is -0.393 e. The van der Waals surface area contributed by atoms with E-state index in [0.717, 1.165) is 47.9 Å². The molecule has 0 unspecified atom stereocenters. The highest BCUT2D eigenvalue weighted by atomic mass is 19.1. The van der Waals surface area contributed by atoms with Crippen LogP contribution in [0.3, 0.4) is 0 Å². The summed E-state index contributed by atoms with van der Waals surface area (Å²) in [6.45, 7) is 0. The van der Waals surface area contributed by atoms with Gasteiger partial charge in [0.2, 0.25) is 0 Å². The molecule has 5 heteroatoms. The Balaban J connectivity index is 1.66. The minimum absolute atomic E-state index is 0.194. The van der Waals surface area contributed by atoms with Gasteiger partial charge in [-0.2, -0.15) is 0 Å². The Morgan fingerprint density at radius 3 is 2.52 bits per heavy atom. The summed E-state index contributed by atoms with van der Waals surface area (Å²) in [5, 5.41) is 13.2. The third kappa shape index (κ3) is 5.12. The van der Waals surface area contributed by atoms with E-state index in [4.69, 9.17) is 5.73 Å². The Morgan fingerprint density at radius 1 is 1.00 bits per heavy atom. The van der Waals surface area contributed by atoms with Gasteiger partial charge in [-0.3, -0.25) is 4.79 Å². The number of aliphatic hydroxyl groups excluding tert-OH is 1. The second-order valence-electron chi connectivity index (χ2n) is 8.24. The first-order chi connectivity index (χ1) is 15.0. The van der Waals surface area contributed by atoms with E-state index >= 15 is 0 Å². The van der Waals surface area contributed by atoms with Crippen molar-refractivity contribution in [3.8, 4) is 11.1 Å². The summed E-state index contributed by atoms with van der Waals surface area (Å²) in [4.78, 5) is 12.0. The summed E-state index contributed by atoms with van der Waals surface area (Å²) < 4.78 is 13.6. The summed E-state index contributed by atoms with van der Waals surface area (Å²) in [7, 11) is 0. The SMILES string of the molecule is NC(=O)c1ccc(-c2ccccc2Cc2cccc(F)c2)cc1N[C@H]1CC[C@H](O)CC1. The van der Waals surface area contributed by atoms with Gasteiger partial charge >= 0.3 is 0 Å². The van der Waals surface area contributed by atoms with E-state index in [0.29, 0.717) is 17.7 Å². The van der Waals surface area contributed by atoms with E-state index in [1.54, 1.807) is 18.2 Å². The highest BCUT2D eigenvalue weighted by Crippen LogP contribution is 2.31. The Labute approximate surface area is 181 Å². The molecule has 160 valence electrons. The van der Waals surface area contributed by atoms with Crippen LogP contribution < -0.4 is 11.1 Å². The molecule has 0 atom stereocenters. The summed E-state index contributed by atoms with van der Waals surface area (Å²) in [6, 6.07) is 20.5. The van der Waals surface area contributed by atoms with E-state index < -0.39 is 5.91 Å². The Kier molecular flexibility index (Phi) is 6.33. The number of carbonyl (C=O) groups excluding carboxylic acids is 1. The van der Waals surface area contributed by atoms with Crippen LogP contribution in [0.4, 0.5) is 10.1 Å². The lowest BCUT2D eigenvalue weighted by Crippen LogP contribution is -2.29. The van der Waals surface area contributed by atoms with E-state index in [9.17, 15) is 14.3 Å². The first kappa shape index (κ1) is 21.1. The topological polar surface area (TPSA) is 75.4 Å². The molecule has 1 saturated carbocycles. The zero-order chi connectivity index (χ0) is 21.8. The van der Waals surface area contributed by atoms with Gasteiger partial charge in [0.05, 0.1) is 11.7 Å². The maximum absolute atomic E-state index is 13.6. The van der Waals surface area contributed by atoms with Gasteiger partial charge in [0, 0.05) is 11.7 Å². The highest BCUT2D eigenvalue weighted by Gasteiger charge is 2.21. The smallest absolute Gasteiger partial charge is 0.250 e. The summed E-state index contributed by atoms with van der Waals surface area (Å²) in [5.74, 6) is -0.720. The van der Waals surface area contributed by atoms with Crippen molar-refractivity contribution < 1.29 is 14.3 Å².